The van der Waals surface area contributed by atoms with Crippen LogP contribution in [0.5, 0.6) is 0 Å². The van der Waals surface area contributed by atoms with Crippen molar-refractivity contribution in [2.75, 3.05) is 39.4 Å². The van der Waals surface area contributed by atoms with Crippen LogP contribution in [-0.4, -0.2) is 55.2 Å². The fraction of sp³-hybridized carbons (Fsp3) is 0.318. The number of amides is 1. The first kappa shape index (κ1) is 20.3. The van der Waals surface area contributed by atoms with Crippen molar-refractivity contribution in [2.24, 2.45) is 0 Å². The van der Waals surface area contributed by atoms with Crippen LogP contribution in [0.1, 0.15) is 16.9 Å². The van der Waals surface area contributed by atoms with Crippen LogP contribution in [0.3, 0.4) is 0 Å². The Morgan fingerprint density at radius 3 is 2.69 bits per heavy atom. The maximum atomic E-state index is 12.9. The van der Waals surface area contributed by atoms with Crippen molar-refractivity contribution in [3.63, 3.8) is 0 Å². The highest BCUT2D eigenvalue weighted by Gasteiger charge is 2.19. The second-order valence-corrected chi connectivity index (χ2v) is 8.51. The van der Waals surface area contributed by atoms with Gasteiger partial charge in [-0.05, 0) is 43.3 Å². The van der Waals surface area contributed by atoms with Crippen LogP contribution >= 0.6 is 23.4 Å². The molecule has 4 rings (SSSR count). The second-order valence-electron chi connectivity index (χ2n) is 6.99. The topological polar surface area (TPSA) is 57.4 Å². The van der Waals surface area contributed by atoms with Gasteiger partial charge in [-0.1, -0.05) is 41.6 Å². The fourth-order valence-corrected chi connectivity index (χ4v) is 4.59. The lowest BCUT2D eigenvalue weighted by Crippen LogP contribution is -2.38. The largest absolute Gasteiger partial charge is 0.379 e. The van der Waals surface area contributed by atoms with Gasteiger partial charge < -0.3 is 15.0 Å². The highest BCUT2D eigenvalue weighted by atomic mass is 35.5. The van der Waals surface area contributed by atoms with E-state index in [0.717, 1.165) is 60.0 Å². The van der Waals surface area contributed by atoms with Crippen molar-refractivity contribution >= 4 is 40.2 Å². The lowest BCUT2D eigenvalue weighted by Gasteiger charge is -2.26. The summed E-state index contributed by atoms with van der Waals surface area (Å²) in [5.74, 6) is -0.0698. The number of nitrogens with one attached hydrogen (secondary N) is 2. The molecule has 29 heavy (non-hydrogen) atoms. The molecule has 152 valence electrons. The average molecular weight is 430 g/mol. The number of ether oxygens (including phenoxy) is 1. The summed E-state index contributed by atoms with van der Waals surface area (Å²) in [5, 5.41) is 4.82. The number of halogens is 1. The summed E-state index contributed by atoms with van der Waals surface area (Å²) in [4.78, 5) is 20.6. The van der Waals surface area contributed by atoms with Crippen molar-refractivity contribution in [3.05, 3.63) is 59.2 Å². The Morgan fingerprint density at radius 1 is 1.14 bits per heavy atom. The molecule has 5 nitrogen and oxygen atoms in total. The molecule has 1 aromatic heterocycles. The third-order valence-corrected chi connectivity index (χ3v) is 6.35. The Hall–Kier alpha value is -1.99. The first-order valence-electron chi connectivity index (χ1n) is 9.83. The van der Waals surface area contributed by atoms with E-state index < -0.39 is 0 Å². The number of fused-ring (bicyclic) bond motifs is 1. The number of para-hydroxylation sites is 1. The third kappa shape index (κ3) is 5.14. The Balaban J connectivity index is 1.45. The van der Waals surface area contributed by atoms with Gasteiger partial charge in [-0.15, -0.1) is 0 Å². The standard InChI is InChI=1S/C22H24ClN3O2S/c23-16-6-8-17(9-7-16)29-21-18-4-1-2-5-19(18)25-20(21)22(27)24-10-3-11-26-12-14-28-15-13-26/h1-2,4-9,25H,3,10-15H2,(H,24,27). The van der Waals surface area contributed by atoms with Crippen LogP contribution in [0.2, 0.25) is 5.02 Å². The van der Waals surface area contributed by atoms with Gasteiger partial charge in [0.1, 0.15) is 5.69 Å². The Labute approximate surface area is 179 Å². The van der Waals surface area contributed by atoms with Crippen molar-refractivity contribution in [3.8, 4) is 0 Å². The molecule has 1 aliphatic rings. The molecular weight excluding hydrogens is 406 g/mol. The Morgan fingerprint density at radius 2 is 1.90 bits per heavy atom. The molecule has 1 amide bonds. The zero-order chi connectivity index (χ0) is 20.1. The van der Waals surface area contributed by atoms with E-state index in [1.165, 1.54) is 0 Å². The molecule has 0 atom stereocenters. The molecule has 2 N–H and O–H groups in total. The maximum absolute atomic E-state index is 12.9. The first-order chi connectivity index (χ1) is 14.2. The fourth-order valence-electron chi connectivity index (χ4n) is 3.42. The molecule has 0 bridgehead atoms. The van der Waals surface area contributed by atoms with Gasteiger partial charge in [-0.2, -0.15) is 0 Å². The summed E-state index contributed by atoms with van der Waals surface area (Å²) in [7, 11) is 0. The smallest absolute Gasteiger partial charge is 0.268 e. The van der Waals surface area contributed by atoms with Gasteiger partial charge in [0, 0.05) is 40.5 Å². The predicted octanol–water partition coefficient (Wildman–Crippen LogP) is 4.42. The van der Waals surface area contributed by atoms with Crippen LogP contribution in [0, 0.1) is 0 Å². The number of hydrogen-bond donors (Lipinski definition) is 2. The van der Waals surface area contributed by atoms with Crippen molar-refractivity contribution < 1.29 is 9.53 Å². The lowest BCUT2D eigenvalue weighted by atomic mass is 10.2. The van der Waals surface area contributed by atoms with E-state index in [2.05, 4.69) is 15.2 Å². The van der Waals surface area contributed by atoms with E-state index in [1.54, 1.807) is 11.8 Å². The van der Waals surface area contributed by atoms with E-state index in [-0.39, 0.29) is 5.91 Å². The molecule has 0 unspecified atom stereocenters. The zero-order valence-corrected chi connectivity index (χ0v) is 17.7. The van der Waals surface area contributed by atoms with Gasteiger partial charge in [0.25, 0.3) is 5.91 Å². The molecule has 1 fully saturated rings. The summed E-state index contributed by atoms with van der Waals surface area (Å²) in [6.45, 7) is 5.16. The summed E-state index contributed by atoms with van der Waals surface area (Å²) >= 11 is 7.58. The number of aromatic amines is 1. The zero-order valence-electron chi connectivity index (χ0n) is 16.1. The maximum Gasteiger partial charge on any atom is 0.268 e. The Bertz CT molecular complexity index is 968. The summed E-state index contributed by atoms with van der Waals surface area (Å²) in [6.07, 6.45) is 0.922. The van der Waals surface area contributed by atoms with Gasteiger partial charge in [-0.3, -0.25) is 9.69 Å². The van der Waals surface area contributed by atoms with E-state index in [9.17, 15) is 4.79 Å². The molecular formula is C22H24ClN3O2S. The number of benzene rings is 2. The Kier molecular flexibility index (Phi) is 6.77. The molecule has 7 heteroatoms. The first-order valence-corrected chi connectivity index (χ1v) is 11.0. The van der Waals surface area contributed by atoms with Gasteiger partial charge in [0.15, 0.2) is 0 Å². The summed E-state index contributed by atoms with van der Waals surface area (Å²) in [5.41, 5.74) is 1.57. The van der Waals surface area contributed by atoms with E-state index >= 15 is 0 Å². The SMILES string of the molecule is O=C(NCCCN1CCOCC1)c1[nH]c2ccccc2c1Sc1ccc(Cl)cc1. The molecule has 1 aliphatic heterocycles. The van der Waals surface area contributed by atoms with Crippen LogP contribution in [0.15, 0.2) is 58.3 Å². The molecule has 0 spiro atoms. The predicted molar refractivity (Wildman–Crippen MR) is 118 cm³/mol. The normalized spacial score (nSPS) is 14.9. The minimum atomic E-state index is -0.0698. The number of hydrogen-bond acceptors (Lipinski definition) is 4. The van der Waals surface area contributed by atoms with E-state index in [0.29, 0.717) is 17.3 Å². The number of carbonyl (C=O) groups is 1. The molecule has 3 aromatic rings. The van der Waals surface area contributed by atoms with E-state index in [1.807, 2.05) is 48.5 Å². The molecule has 2 aromatic carbocycles. The van der Waals surface area contributed by atoms with Crippen LogP contribution in [0.25, 0.3) is 10.9 Å². The number of rotatable bonds is 7. The van der Waals surface area contributed by atoms with Gasteiger partial charge in [0.2, 0.25) is 0 Å². The highest BCUT2D eigenvalue weighted by Crippen LogP contribution is 2.37. The number of H-pyrrole nitrogens is 1. The summed E-state index contributed by atoms with van der Waals surface area (Å²) in [6, 6.07) is 15.7. The quantitative estimate of drug-likeness (QED) is 0.546. The van der Waals surface area contributed by atoms with Crippen molar-refractivity contribution in [1.82, 2.24) is 15.2 Å². The number of carbonyl (C=O) groups excluding carboxylic acids is 1. The number of nitrogens with zero attached hydrogens (tertiary/aromatic N) is 1. The van der Waals surface area contributed by atoms with Gasteiger partial charge in [0.05, 0.1) is 18.1 Å². The summed E-state index contributed by atoms with van der Waals surface area (Å²) < 4.78 is 5.37. The van der Waals surface area contributed by atoms with Gasteiger partial charge >= 0.3 is 0 Å². The van der Waals surface area contributed by atoms with Crippen LogP contribution in [0.4, 0.5) is 0 Å². The molecule has 1 saturated heterocycles. The van der Waals surface area contributed by atoms with Crippen LogP contribution < -0.4 is 5.32 Å². The molecule has 0 saturated carbocycles. The van der Waals surface area contributed by atoms with Crippen LogP contribution in [-0.2, 0) is 4.74 Å². The minimum absolute atomic E-state index is 0.0698. The molecule has 0 radical (unpaired) electrons. The van der Waals surface area contributed by atoms with Gasteiger partial charge in [-0.25, -0.2) is 0 Å². The number of morpholine rings is 1. The lowest BCUT2D eigenvalue weighted by molar-refractivity contribution is 0.0374. The van der Waals surface area contributed by atoms with E-state index in [4.69, 9.17) is 16.3 Å². The number of aromatic nitrogens is 1. The van der Waals surface area contributed by atoms with Crippen molar-refractivity contribution in [1.29, 1.82) is 0 Å². The highest BCUT2D eigenvalue weighted by molar-refractivity contribution is 7.99. The minimum Gasteiger partial charge on any atom is -0.379 e. The third-order valence-electron chi connectivity index (χ3n) is 4.96. The van der Waals surface area contributed by atoms with Crippen molar-refractivity contribution in [2.45, 2.75) is 16.2 Å². The molecule has 2 heterocycles. The monoisotopic (exact) mass is 429 g/mol. The molecule has 0 aliphatic carbocycles. The second kappa shape index (κ2) is 9.67. The average Bonchev–Trinajstić information content (AvgIpc) is 3.12.